The van der Waals surface area contributed by atoms with Crippen LogP contribution in [0.5, 0.6) is 0 Å². The van der Waals surface area contributed by atoms with Crippen molar-refractivity contribution in [2.45, 2.75) is 37.8 Å². The van der Waals surface area contributed by atoms with E-state index in [1.165, 1.54) is 5.56 Å². The lowest BCUT2D eigenvalue weighted by Gasteiger charge is -2.18. The fraction of sp³-hybridized carbons (Fsp3) is 0.320. The number of rotatable bonds is 8. The van der Waals surface area contributed by atoms with Crippen molar-refractivity contribution in [1.82, 2.24) is 20.3 Å². The van der Waals surface area contributed by atoms with Crippen LogP contribution < -0.4 is 10.9 Å². The van der Waals surface area contributed by atoms with Gasteiger partial charge in [-0.25, -0.2) is 0 Å². The molecule has 2 aromatic carbocycles. The van der Waals surface area contributed by atoms with E-state index in [2.05, 4.69) is 51.8 Å². The van der Waals surface area contributed by atoms with Crippen LogP contribution in [0.2, 0.25) is 0 Å². The molecule has 0 bridgehead atoms. The standard InChI is InChI=1S/C25H30N4O/c1-28(15-7-10-22-19-24(27-26-22)21-8-3-2-4-9-21)25(30)18-20-11-13-23(14-12-20)29-16-5-6-17-29/h2-6,8-9,11-14,16-17,22,24,26-27H,7,10,15,18-19H2,1H3. The van der Waals surface area contributed by atoms with Gasteiger partial charge in [0.25, 0.3) is 0 Å². The summed E-state index contributed by atoms with van der Waals surface area (Å²) in [6, 6.07) is 23.6. The summed E-state index contributed by atoms with van der Waals surface area (Å²) in [4.78, 5) is 14.4. The number of carbonyl (C=O) groups excluding carboxylic acids is 1. The third-order valence-corrected chi connectivity index (χ3v) is 5.85. The Morgan fingerprint density at radius 3 is 2.47 bits per heavy atom. The molecule has 2 atom stereocenters. The first-order valence-electron chi connectivity index (χ1n) is 10.7. The van der Waals surface area contributed by atoms with Gasteiger partial charge in [0, 0.05) is 43.8 Å². The van der Waals surface area contributed by atoms with Crippen molar-refractivity contribution >= 4 is 5.91 Å². The number of nitrogens with zero attached hydrogens (tertiary/aromatic N) is 2. The van der Waals surface area contributed by atoms with Crippen LogP contribution >= 0.6 is 0 Å². The largest absolute Gasteiger partial charge is 0.345 e. The zero-order valence-corrected chi connectivity index (χ0v) is 17.5. The smallest absolute Gasteiger partial charge is 0.226 e. The lowest BCUT2D eigenvalue weighted by molar-refractivity contribution is -0.129. The molecule has 1 saturated heterocycles. The monoisotopic (exact) mass is 402 g/mol. The van der Waals surface area contributed by atoms with E-state index in [9.17, 15) is 4.79 Å². The van der Waals surface area contributed by atoms with Gasteiger partial charge in [0.15, 0.2) is 0 Å². The first kappa shape index (κ1) is 20.4. The molecule has 0 saturated carbocycles. The average molecular weight is 403 g/mol. The second kappa shape index (κ2) is 9.74. The predicted molar refractivity (Wildman–Crippen MR) is 120 cm³/mol. The summed E-state index contributed by atoms with van der Waals surface area (Å²) in [5.41, 5.74) is 10.3. The van der Waals surface area contributed by atoms with Crippen LogP contribution in [0.4, 0.5) is 0 Å². The van der Waals surface area contributed by atoms with Gasteiger partial charge in [-0.1, -0.05) is 42.5 Å². The van der Waals surface area contributed by atoms with E-state index in [1.807, 2.05) is 54.7 Å². The summed E-state index contributed by atoms with van der Waals surface area (Å²) in [6.07, 6.45) is 7.61. The Bertz CT molecular complexity index is 922. The molecule has 1 aliphatic rings. The molecule has 1 aliphatic heterocycles. The number of nitrogens with one attached hydrogen (secondary N) is 2. The Morgan fingerprint density at radius 1 is 1.00 bits per heavy atom. The Hall–Kier alpha value is -2.89. The maximum absolute atomic E-state index is 12.6. The van der Waals surface area contributed by atoms with Gasteiger partial charge in [-0.05, 0) is 54.7 Å². The summed E-state index contributed by atoms with van der Waals surface area (Å²) >= 11 is 0. The van der Waals surface area contributed by atoms with Crippen LogP contribution in [0.25, 0.3) is 5.69 Å². The molecule has 2 heterocycles. The lowest BCUT2D eigenvalue weighted by Crippen LogP contribution is -2.33. The van der Waals surface area contributed by atoms with Crippen LogP contribution in [0, 0.1) is 0 Å². The molecule has 0 aliphatic carbocycles. The predicted octanol–water partition coefficient (Wildman–Crippen LogP) is 3.87. The summed E-state index contributed by atoms with van der Waals surface area (Å²) in [7, 11) is 1.91. The first-order chi connectivity index (χ1) is 14.7. The highest BCUT2D eigenvalue weighted by atomic mass is 16.2. The van der Waals surface area contributed by atoms with Crippen molar-refractivity contribution in [3.63, 3.8) is 0 Å². The van der Waals surface area contributed by atoms with E-state index in [0.29, 0.717) is 18.5 Å². The maximum atomic E-state index is 12.6. The highest BCUT2D eigenvalue weighted by Gasteiger charge is 2.24. The number of amides is 1. The zero-order valence-electron chi connectivity index (χ0n) is 17.5. The summed E-state index contributed by atoms with van der Waals surface area (Å²) in [5, 5.41) is 0. The maximum Gasteiger partial charge on any atom is 0.226 e. The van der Waals surface area contributed by atoms with Gasteiger partial charge in [0.2, 0.25) is 5.91 Å². The third kappa shape index (κ3) is 5.17. The summed E-state index contributed by atoms with van der Waals surface area (Å²) < 4.78 is 2.06. The molecule has 30 heavy (non-hydrogen) atoms. The molecule has 0 radical (unpaired) electrons. The van der Waals surface area contributed by atoms with Crippen molar-refractivity contribution in [2.24, 2.45) is 0 Å². The molecule has 0 spiro atoms. The molecule has 5 heteroatoms. The molecule has 2 N–H and O–H groups in total. The van der Waals surface area contributed by atoms with Crippen LogP contribution in [0.15, 0.2) is 79.1 Å². The van der Waals surface area contributed by atoms with Gasteiger partial charge in [0.1, 0.15) is 0 Å². The SMILES string of the molecule is CN(CCCC1CC(c2ccccc2)NN1)C(=O)Cc1ccc(-n2cccc2)cc1. The average Bonchev–Trinajstić information content (AvgIpc) is 3.47. The van der Waals surface area contributed by atoms with Crippen LogP contribution in [0.3, 0.4) is 0 Å². The minimum atomic E-state index is 0.170. The van der Waals surface area contributed by atoms with Gasteiger partial charge in [0.05, 0.1) is 6.42 Å². The van der Waals surface area contributed by atoms with Crippen molar-refractivity contribution in [3.8, 4) is 5.69 Å². The highest BCUT2D eigenvalue weighted by Crippen LogP contribution is 2.23. The molecule has 5 nitrogen and oxygen atoms in total. The number of carbonyl (C=O) groups is 1. The Morgan fingerprint density at radius 2 is 1.73 bits per heavy atom. The fourth-order valence-electron chi connectivity index (χ4n) is 4.02. The number of hydrogen-bond donors (Lipinski definition) is 2. The summed E-state index contributed by atoms with van der Waals surface area (Å²) in [5.74, 6) is 0.170. The minimum Gasteiger partial charge on any atom is -0.345 e. The van der Waals surface area contributed by atoms with Crippen LogP contribution in [-0.4, -0.2) is 35.0 Å². The first-order valence-corrected chi connectivity index (χ1v) is 10.7. The minimum absolute atomic E-state index is 0.170. The number of benzene rings is 2. The van der Waals surface area contributed by atoms with Crippen LogP contribution in [-0.2, 0) is 11.2 Å². The molecule has 1 fully saturated rings. The lowest BCUT2D eigenvalue weighted by atomic mass is 10.00. The van der Waals surface area contributed by atoms with Gasteiger partial charge in [-0.2, -0.15) is 0 Å². The fourth-order valence-corrected chi connectivity index (χ4v) is 4.02. The van der Waals surface area contributed by atoms with Crippen molar-refractivity contribution in [1.29, 1.82) is 0 Å². The molecule has 1 aromatic heterocycles. The quantitative estimate of drug-likeness (QED) is 0.601. The Balaban J connectivity index is 1.19. The number of aromatic nitrogens is 1. The van der Waals surface area contributed by atoms with Crippen molar-refractivity contribution < 1.29 is 4.79 Å². The van der Waals surface area contributed by atoms with E-state index in [4.69, 9.17) is 0 Å². The van der Waals surface area contributed by atoms with Gasteiger partial charge in [-0.3, -0.25) is 15.6 Å². The number of likely N-dealkylation sites (N-methyl/N-ethyl adjacent to an activating group) is 1. The topological polar surface area (TPSA) is 49.3 Å². The Kier molecular flexibility index (Phi) is 6.62. The second-order valence-corrected chi connectivity index (χ2v) is 8.08. The molecule has 1 amide bonds. The van der Waals surface area contributed by atoms with Gasteiger partial charge >= 0.3 is 0 Å². The zero-order chi connectivity index (χ0) is 20.8. The number of hydrazine groups is 1. The van der Waals surface area contributed by atoms with E-state index in [-0.39, 0.29) is 5.91 Å². The normalized spacial score (nSPS) is 18.4. The molecule has 4 rings (SSSR count). The molecular weight excluding hydrogens is 372 g/mol. The third-order valence-electron chi connectivity index (χ3n) is 5.85. The van der Waals surface area contributed by atoms with Crippen molar-refractivity contribution in [2.75, 3.05) is 13.6 Å². The van der Waals surface area contributed by atoms with Crippen molar-refractivity contribution in [3.05, 3.63) is 90.3 Å². The second-order valence-electron chi connectivity index (χ2n) is 8.08. The van der Waals surface area contributed by atoms with Crippen LogP contribution in [0.1, 0.15) is 36.4 Å². The summed E-state index contributed by atoms with van der Waals surface area (Å²) in [6.45, 7) is 0.786. The van der Waals surface area contributed by atoms with E-state index >= 15 is 0 Å². The van der Waals surface area contributed by atoms with E-state index in [0.717, 1.165) is 37.1 Å². The van der Waals surface area contributed by atoms with E-state index in [1.54, 1.807) is 0 Å². The number of hydrogen-bond acceptors (Lipinski definition) is 3. The molecule has 2 unspecified atom stereocenters. The van der Waals surface area contributed by atoms with E-state index < -0.39 is 0 Å². The highest BCUT2D eigenvalue weighted by molar-refractivity contribution is 5.78. The Labute approximate surface area is 178 Å². The molecule has 3 aromatic rings. The molecular formula is C25H30N4O. The van der Waals surface area contributed by atoms with Gasteiger partial charge < -0.3 is 9.47 Å². The van der Waals surface area contributed by atoms with Gasteiger partial charge in [-0.15, -0.1) is 0 Å². The molecule has 156 valence electrons.